The van der Waals surface area contributed by atoms with Crippen LogP contribution in [0.2, 0.25) is 5.02 Å². The summed E-state index contributed by atoms with van der Waals surface area (Å²) in [5.41, 5.74) is 1.08. The van der Waals surface area contributed by atoms with Crippen LogP contribution in [0.3, 0.4) is 0 Å². The van der Waals surface area contributed by atoms with Crippen molar-refractivity contribution in [1.29, 1.82) is 0 Å². The summed E-state index contributed by atoms with van der Waals surface area (Å²) in [5.74, 6) is 1.74. The highest BCUT2D eigenvalue weighted by atomic mass is 35.5. The Hall–Kier alpha value is -1.46. The van der Waals surface area contributed by atoms with Gasteiger partial charge in [-0.3, -0.25) is 0 Å². The maximum Gasteiger partial charge on any atom is 0.214 e. The highest BCUT2D eigenvalue weighted by molar-refractivity contribution is 6.30. The van der Waals surface area contributed by atoms with Crippen LogP contribution >= 0.6 is 11.6 Å². The van der Waals surface area contributed by atoms with Gasteiger partial charge in [-0.15, -0.1) is 5.10 Å². The van der Waals surface area contributed by atoms with Gasteiger partial charge in [-0.2, -0.15) is 0 Å². The van der Waals surface area contributed by atoms with E-state index in [2.05, 4.69) is 55.4 Å². The van der Waals surface area contributed by atoms with Crippen LogP contribution in [0, 0.1) is 5.92 Å². The summed E-state index contributed by atoms with van der Waals surface area (Å²) in [4.78, 5) is 1.54. The number of nitrogens with zero attached hydrogens (tertiary/aromatic N) is 4. The van der Waals surface area contributed by atoms with Gasteiger partial charge in [-0.25, -0.2) is 4.68 Å². The van der Waals surface area contributed by atoms with Crippen molar-refractivity contribution in [3.8, 4) is 0 Å². The van der Waals surface area contributed by atoms with Gasteiger partial charge in [0.25, 0.3) is 0 Å². The predicted molar refractivity (Wildman–Crippen MR) is 95.2 cm³/mol. The fraction of sp³-hybridized carbons (Fsp3) is 0.611. The molecule has 1 fully saturated rings. The molecule has 5 nitrogen and oxygen atoms in total. The molecule has 1 aromatic carbocycles. The van der Waals surface area contributed by atoms with E-state index in [1.165, 1.54) is 23.3 Å². The van der Waals surface area contributed by atoms with Crippen LogP contribution in [0.25, 0.3) is 0 Å². The summed E-state index contributed by atoms with van der Waals surface area (Å²) >= 11 is 6.10. The van der Waals surface area contributed by atoms with Crippen LogP contribution in [-0.4, -0.2) is 33.3 Å². The molecule has 0 unspecified atom stereocenters. The average Bonchev–Trinajstić information content (AvgIpc) is 3.01. The van der Waals surface area contributed by atoms with Crippen LogP contribution in [0.1, 0.15) is 58.0 Å². The summed E-state index contributed by atoms with van der Waals surface area (Å²) in [6.45, 7) is 11.0. The number of piperidine rings is 1. The molecule has 130 valence electrons. The van der Waals surface area contributed by atoms with E-state index < -0.39 is 0 Å². The van der Waals surface area contributed by atoms with Gasteiger partial charge in [0.2, 0.25) is 5.82 Å². The smallest absolute Gasteiger partial charge is 0.214 e. The monoisotopic (exact) mass is 348 g/mol. The Balaban J connectivity index is 2.02. The fourth-order valence-corrected chi connectivity index (χ4v) is 3.62. The second-order valence-corrected chi connectivity index (χ2v) is 8.38. The minimum atomic E-state index is -0.147. The summed E-state index contributed by atoms with van der Waals surface area (Å²) in [7, 11) is 0. The third-order valence-corrected chi connectivity index (χ3v) is 5.17. The van der Waals surface area contributed by atoms with Gasteiger partial charge >= 0.3 is 0 Å². The Morgan fingerprint density at radius 1 is 1.17 bits per heavy atom. The number of tetrazole rings is 1. The van der Waals surface area contributed by atoms with E-state index in [1.807, 2.05) is 16.8 Å². The summed E-state index contributed by atoms with van der Waals surface area (Å²) in [6.07, 6.45) is 2.49. The topological polar surface area (TPSA) is 48.0 Å². The first-order valence-electron chi connectivity index (χ1n) is 8.75. The molecule has 0 spiro atoms. The minimum absolute atomic E-state index is 0.143. The molecule has 1 atom stereocenters. The third-order valence-electron chi connectivity index (χ3n) is 4.92. The lowest BCUT2D eigenvalue weighted by molar-refractivity contribution is -0.932. The molecule has 3 rings (SSSR count). The Labute approximate surface area is 149 Å². The molecule has 1 N–H and O–H groups in total. The summed E-state index contributed by atoms with van der Waals surface area (Å²) in [6, 6.07) is 8.28. The van der Waals surface area contributed by atoms with Crippen LogP contribution in [0.15, 0.2) is 24.3 Å². The molecule has 1 aromatic heterocycles. The Bertz CT molecular complexity index is 665. The lowest BCUT2D eigenvalue weighted by atomic mass is 9.95. The molecule has 0 saturated carbocycles. The van der Waals surface area contributed by atoms with Crippen molar-refractivity contribution in [2.24, 2.45) is 5.92 Å². The molecule has 0 bridgehead atoms. The molecule has 2 aromatic rings. The highest BCUT2D eigenvalue weighted by Gasteiger charge is 2.36. The number of aromatic nitrogens is 4. The van der Waals surface area contributed by atoms with E-state index in [-0.39, 0.29) is 11.6 Å². The SMILES string of the molecule is CC1CC[NH+]([C@@H](c2ccc(Cl)cc2)c2nnnn2C(C)(C)C)CC1. The van der Waals surface area contributed by atoms with Crippen molar-refractivity contribution < 1.29 is 4.90 Å². The van der Waals surface area contributed by atoms with Gasteiger partial charge < -0.3 is 4.90 Å². The van der Waals surface area contributed by atoms with Crippen molar-refractivity contribution in [2.45, 2.75) is 52.1 Å². The zero-order valence-corrected chi connectivity index (χ0v) is 15.7. The lowest BCUT2D eigenvalue weighted by Crippen LogP contribution is -3.13. The van der Waals surface area contributed by atoms with E-state index in [0.717, 1.165) is 29.9 Å². The molecule has 2 heterocycles. The van der Waals surface area contributed by atoms with E-state index >= 15 is 0 Å². The first-order valence-corrected chi connectivity index (χ1v) is 9.13. The van der Waals surface area contributed by atoms with E-state index in [9.17, 15) is 0 Å². The first-order chi connectivity index (χ1) is 11.4. The van der Waals surface area contributed by atoms with Crippen molar-refractivity contribution in [3.63, 3.8) is 0 Å². The van der Waals surface area contributed by atoms with Crippen LogP contribution in [-0.2, 0) is 5.54 Å². The quantitative estimate of drug-likeness (QED) is 0.927. The van der Waals surface area contributed by atoms with Crippen molar-refractivity contribution in [3.05, 3.63) is 40.7 Å². The Kier molecular flexibility index (Phi) is 4.92. The Morgan fingerprint density at radius 3 is 2.38 bits per heavy atom. The van der Waals surface area contributed by atoms with Crippen molar-refractivity contribution in [2.75, 3.05) is 13.1 Å². The van der Waals surface area contributed by atoms with Gasteiger partial charge in [0.05, 0.1) is 18.6 Å². The average molecular weight is 349 g/mol. The number of benzene rings is 1. The van der Waals surface area contributed by atoms with Gasteiger partial charge in [0.15, 0.2) is 6.04 Å². The normalized spacial score (nSPS) is 23.2. The predicted octanol–water partition coefficient (Wildman–Crippen LogP) is 2.49. The number of likely N-dealkylation sites (tertiary alicyclic amines) is 1. The number of rotatable bonds is 3. The minimum Gasteiger partial charge on any atom is -0.322 e. The van der Waals surface area contributed by atoms with Crippen molar-refractivity contribution >= 4 is 11.6 Å². The van der Waals surface area contributed by atoms with Crippen LogP contribution in [0.5, 0.6) is 0 Å². The second kappa shape index (κ2) is 6.81. The maximum absolute atomic E-state index is 6.10. The maximum atomic E-state index is 6.10. The third kappa shape index (κ3) is 3.62. The Morgan fingerprint density at radius 2 is 1.79 bits per heavy atom. The second-order valence-electron chi connectivity index (χ2n) is 7.95. The van der Waals surface area contributed by atoms with Crippen LogP contribution in [0.4, 0.5) is 0 Å². The lowest BCUT2D eigenvalue weighted by Gasteiger charge is -2.34. The van der Waals surface area contributed by atoms with Gasteiger partial charge in [-0.05, 0) is 62.1 Å². The number of nitrogens with one attached hydrogen (secondary N) is 1. The zero-order valence-electron chi connectivity index (χ0n) is 15.0. The molecule has 1 aliphatic heterocycles. The van der Waals surface area contributed by atoms with E-state index in [0.29, 0.717) is 0 Å². The van der Waals surface area contributed by atoms with Crippen LogP contribution < -0.4 is 4.90 Å². The molecule has 1 aliphatic rings. The molecule has 0 radical (unpaired) electrons. The number of hydrogen-bond donors (Lipinski definition) is 1. The zero-order chi connectivity index (χ0) is 17.3. The molecule has 1 saturated heterocycles. The summed E-state index contributed by atoms with van der Waals surface area (Å²) in [5, 5.41) is 13.4. The van der Waals surface area contributed by atoms with Gasteiger partial charge in [0, 0.05) is 10.6 Å². The fourth-order valence-electron chi connectivity index (χ4n) is 3.50. The number of quaternary nitrogens is 1. The molecule has 0 amide bonds. The molecule has 0 aliphatic carbocycles. The van der Waals surface area contributed by atoms with Crippen molar-refractivity contribution in [1.82, 2.24) is 20.2 Å². The van der Waals surface area contributed by atoms with E-state index in [1.54, 1.807) is 0 Å². The molecule has 6 heteroatoms. The van der Waals surface area contributed by atoms with E-state index in [4.69, 9.17) is 11.6 Å². The molecular weight excluding hydrogens is 322 g/mol. The van der Waals surface area contributed by atoms with Gasteiger partial charge in [0.1, 0.15) is 0 Å². The summed E-state index contributed by atoms with van der Waals surface area (Å²) < 4.78 is 1.97. The first kappa shape index (κ1) is 17.4. The number of hydrogen-bond acceptors (Lipinski definition) is 3. The van der Waals surface area contributed by atoms with Gasteiger partial charge in [-0.1, -0.05) is 30.7 Å². The highest BCUT2D eigenvalue weighted by Crippen LogP contribution is 2.24. The molecular formula is C18H27ClN5+. The number of halogens is 1. The standard InChI is InChI=1S/C18H26ClN5/c1-13-9-11-23(12-10-13)16(14-5-7-15(19)8-6-14)17-20-21-22-24(17)18(2,3)4/h5-8,13,16H,9-12H2,1-4H3/p+1/t16-/m0/s1. The largest absolute Gasteiger partial charge is 0.322 e. The molecule has 24 heavy (non-hydrogen) atoms.